The highest BCUT2D eigenvalue weighted by molar-refractivity contribution is 5.71. The van der Waals surface area contributed by atoms with Gasteiger partial charge in [-0.05, 0) is 6.42 Å². The molecule has 0 amide bonds. The van der Waals surface area contributed by atoms with E-state index in [1.54, 1.807) is 13.8 Å². The van der Waals surface area contributed by atoms with Crippen molar-refractivity contribution in [1.82, 2.24) is 0 Å². The molecule has 0 aromatic rings. The van der Waals surface area contributed by atoms with Crippen molar-refractivity contribution in [2.45, 2.75) is 52.7 Å². The first kappa shape index (κ1) is 12.9. The van der Waals surface area contributed by atoms with Crippen LogP contribution in [0.3, 0.4) is 0 Å². The van der Waals surface area contributed by atoms with Crippen molar-refractivity contribution in [3.63, 3.8) is 0 Å². The van der Waals surface area contributed by atoms with Crippen LogP contribution in [0.5, 0.6) is 0 Å². The van der Waals surface area contributed by atoms with Crippen LogP contribution in [-0.2, 0) is 19.1 Å². The van der Waals surface area contributed by atoms with Crippen molar-refractivity contribution in [3.8, 4) is 0 Å². The van der Waals surface area contributed by atoms with Crippen molar-refractivity contribution in [2.75, 3.05) is 0 Å². The lowest BCUT2D eigenvalue weighted by Gasteiger charge is -2.15. The monoisotopic (exact) mass is 202 g/mol. The van der Waals surface area contributed by atoms with Gasteiger partial charge in [-0.1, -0.05) is 20.8 Å². The van der Waals surface area contributed by atoms with Crippen molar-refractivity contribution in [3.05, 3.63) is 0 Å². The maximum absolute atomic E-state index is 11.1. The second kappa shape index (κ2) is 7.35. The van der Waals surface area contributed by atoms with Crippen LogP contribution in [0, 0.1) is 0 Å². The molecule has 0 fully saturated rings. The molecule has 0 radical (unpaired) electrons. The molecule has 1 unspecified atom stereocenters. The van der Waals surface area contributed by atoms with E-state index in [0.717, 1.165) is 6.42 Å². The Morgan fingerprint density at radius 3 is 2.07 bits per heavy atom. The molecule has 0 aromatic heterocycles. The van der Waals surface area contributed by atoms with E-state index in [-0.39, 0.29) is 11.9 Å². The standard InChI is InChI=1S/C10H18O4/c1-4-7-9(12)14-10(6-3)13-8(11)5-2/h10H,4-7H2,1-3H3. The molecular weight excluding hydrogens is 184 g/mol. The van der Waals surface area contributed by atoms with Crippen molar-refractivity contribution in [2.24, 2.45) is 0 Å². The van der Waals surface area contributed by atoms with E-state index in [9.17, 15) is 9.59 Å². The Morgan fingerprint density at radius 1 is 1.07 bits per heavy atom. The summed E-state index contributed by atoms with van der Waals surface area (Å²) in [5, 5.41) is 0. The molecule has 0 saturated carbocycles. The minimum absolute atomic E-state index is 0.293. The molecule has 14 heavy (non-hydrogen) atoms. The van der Waals surface area contributed by atoms with Crippen molar-refractivity contribution >= 4 is 11.9 Å². The van der Waals surface area contributed by atoms with E-state index in [1.807, 2.05) is 6.92 Å². The molecule has 0 heterocycles. The largest absolute Gasteiger partial charge is 0.425 e. The van der Waals surface area contributed by atoms with Gasteiger partial charge in [-0.25, -0.2) is 0 Å². The predicted molar refractivity (Wildman–Crippen MR) is 51.5 cm³/mol. The summed E-state index contributed by atoms with van der Waals surface area (Å²) in [6.45, 7) is 5.38. The van der Waals surface area contributed by atoms with E-state index < -0.39 is 6.29 Å². The number of hydrogen-bond acceptors (Lipinski definition) is 4. The SMILES string of the molecule is CCCC(=O)OC(CC)OC(=O)CC. The minimum Gasteiger partial charge on any atom is -0.425 e. The van der Waals surface area contributed by atoms with Crippen LogP contribution in [0.2, 0.25) is 0 Å². The number of esters is 2. The molecule has 82 valence electrons. The Morgan fingerprint density at radius 2 is 1.64 bits per heavy atom. The molecule has 1 atom stereocenters. The summed E-state index contributed by atoms with van der Waals surface area (Å²) < 4.78 is 9.81. The lowest BCUT2D eigenvalue weighted by atomic mass is 10.3. The van der Waals surface area contributed by atoms with Crippen molar-refractivity contribution < 1.29 is 19.1 Å². The highest BCUT2D eigenvalue weighted by Crippen LogP contribution is 2.04. The predicted octanol–water partition coefficient (Wildman–Crippen LogP) is 2.02. The second-order valence-electron chi connectivity index (χ2n) is 2.92. The third kappa shape index (κ3) is 5.56. The van der Waals surface area contributed by atoms with E-state index in [4.69, 9.17) is 9.47 Å². The summed E-state index contributed by atoms with van der Waals surface area (Å²) in [6, 6.07) is 0. The lowest BCUT2D eigenvalue weighted by molar-refractivity contribution is -0.188. The van der Waals surface area contributed by atoms with E-state index in [2.05, 4.69) is 0 Å². The molecule has 0 aromatic carbocycles. The highest BCUT2D eigenvalue weighted by atomic mass is 16.7. The molecule has 4 nitrogen and oxygen atoms in total. The number of carbonyl (C=O) groups excluding carboxylic acids is 2. The third-order valence-electron chi connectivity index (χ3n) is 1.60. The molecule has 0 saturated heterocycles. The summed E-state index contributed by atoms with van der Waals surface area (Å²) in [7, 11) is 0. The topological polar surface area (TPSA) is 52.6 Å². The zero-order chi connectivity index (χ0) is 11.0. The molecule has 0 spiro atoms. The average Bonchev–Trinajstić information content (AvgIpc) is 2.16. The quantitative estimate of drug-likeness (QED) is 0.488. The zero-order valence-electron chi connectivity index (χ0n) is 9.04. The van der Waals surface area contributed by atoms with Crippen LogP contribution in [0.15, 0.2) is 0 Å². The Hall–Kier alpha value is -1.06. The fourth-order valence-electron chi connectivity index (χ4n) is 0.830. The van der Waals surface area contributed by atoms with Gasteiger partial charge in [0.05, 0.1) is 0 Å². The summed E-state index contributed by atoms with van der Waals surface area (Å²) in [5.74, 6) is -0.663. The first-order valence-corrected chi connectivity index (χ1v) is 5.02. The third-order valence-corrected chi connectivity index (χ3v) is 1.60. The van der Waals surface area contributed by atoms with Gasteiger partial charge >= 0.3 is 11.9 Å². The Balaban J connectivity index is 3.89. The van der Waals surface area contributed by atoms with Gasteiger partial charge in [-0.15, -0.1) is 0 Å². The van der Waals surface area contributed by atoms with Crippen LogP contribution in [0.4, 0.5) is 0 Å². The summed E-state index contributed by atoms with van der Waals surface area (Å²) in [5.41, 5.74) is 0. The lowest BCUT2D eigenvalue weighted by Crippen LogP contribution is -2.23. The molecule has 0 bridgehead atoms. The summed E-state index contributed by atoms with van der Waals surface area (Å²) >= 11 is 0. The minimum atomic E-state index is -0.721. The van der Waals surface area contributed by atoms with E-state index in [0.29, 0.717) is 19.3 Å². The Bertz CT molecular complexity index is 189. The number of hydrogen-bond donors (Lipinski definition) is 0. The van der Waals surface area contributed by atoms with Gasteiger partial charge in [0, 0.05) is 19.3 Å². The van der Waals surface area contributed by atoms with Gasteiger partial charge in [0.2, 0.25) is 6.29 Å². The number of rotatable bonds is 6. The summed E-state index contributed by atoms with van der Waals surface area (Å²) in [6.07, 6.45) is 1.15. The second-order valence-corrected chi connectivity index (χ2v) is 2.92. The van der Waals surface area contributed by atoms with Crippen molar-refractivity contribution in [1.29, 1.82) is 0 Å². The molecule has 0 rings (SSSR count). The van der Waals surface area contributed by atoms with Gasteiger partial charge < -0.3 is 9.47 Å². The van der Waals surface area contributed by atoms with E-state index >= 15 is 0 Å². The van der Waals surface area contributed by atoms with Crippen LogP contribution in [-0.4, -0.2) is 18.2 Å². The normalized spacial score (nSPS) is 11.9. The van der Waals surface area contributed by atoms with Gasteiger partial charge in [0.25, 0.3) is 0 Å². The van der Waals surface area contributed by atoms with Crippen LogP contribution < -0.4 is 0 Å². The van der Waals surface area contributed by atoms with Crippen LogP contribution in [0.1, 0.15) is 46.5 Å². The molecule has 0 aliphatic heterocycles. The van der Waals surface area contributed by atoms with Gasteiger partial charge in [-0.3, -0.25) is 9.59 Å². The Labute approximate surface area is 84.6 Å². The Kier molecular flexibility index (Phi) is 6.80. The maximum Gasteiger partial charge on any atom is 0.308 e. The number of ether oxygens (including phenoxy) is 2. The van der Waals surface area contributed by atoms with Gasteiger partial charge in [0.1, 0.15) is 0 Å². The fourth-order valence-corrected chi connectivity index (χ4v) is 0.830. The summed E-state index contributed by atoms with van der Waals surface area (Å²) in [4.78, 5) is 22.0. The highest BCUT2D eigenvalue weighted by Gasteiger charge is 2.15. The smallest absolute Gasteiger partial charge is 0.308 e. The fraction of sp³-hybridized carbons (Fsp3) is 0.800. The maximum atomic E-state index is 11.1. The number of carbonyl (C=O) groups is 2. The van der Waals surface area contributed by atoms with E-state index in [1.165, 1.54) is 0 Å². The molecule has 0 aliphatic rings. The molecule has 0 aliphatic carbocycles. The van der Waals surface area contributed by atoms with Crippen LogP contribution in [0.25, 0.3) is 0 Å². The first-order chi connectivity index (χ1) is 6.63. The van der Waals surface area contributed by atoms with Gasteiger partial charge in [0.15, 0.2) is 0 Å². The average molecular weight is 202 g/mol. The molecule has 4 heteroatoms. The van der Waals surface area contributed by atoms with Crippen LogP contribution >= 0.6 is 0 Å². The first-order valence-electron chi connectivity index (χ1n) is 5.02. The molecular formula is C10H18O4. The molecule has 0 N–H and O–H groups in total. The zero-order valence-corrected chi connectivity index (χ0v) is 9.04. The van der Waals surface area contributed by atoms with Gasteiger partial charge in [-0.2, -0.15) is 0 Å².